The minimum atomic E-state index is -1.14. The predicted molar refractivity (Wildman–Crippen MR) is 180 cm³/mol. The number of rotatable bonds is 7. The number of carbonyl (C=O) groups is 1. The van der Waals surface area contributed by atoms with Crippen LogP contribution in [0.3, 0.4) is 0 Å². The van der Waals surface area contributed by atoms with Gasteiger partial charge >= 0.3 is 6.01 Å². The third-order valence-electron chi connectivity index (χ3n) is 10.2. The van der Waals surface area contributed by atoms with Crippen molar-refractivity contribution >= 4 is 45.0 Å². The summed E-state index contributed by atoms with van der Waals surface area (Å²) in [6.45, 7) is 14.5. The van der Waals surface area contributed by atoms with Gasteiger partial charge in [0.1, 0.15) is 35.6 Å². The number of hydrogen-bond acceptors (Lipinski definition) is 6. The van der Waals surface area contributed by atoms with Crippen LogP contribution in [0.5, 0.6) is 6.01 Å². The van der Waals surface area contributed by atoms with Crippen molar-refractivity contribution in [2.75, 3.05) is 44.2 Å². The lowest BCUT2D eigenvalue weighted by molar-refractivity contribution is -0.131. The normalized spacial score (nSPS) is 20.5. The first kappa shape index (κ1) is 33.0. The van der Waals surface area contributed by atoms with Gasteiger partial charge in [-0.1, -0.05) is 42.4 Å². The predicted octanol–water partition coefficient (Wildman–Crippen LogP) is 7.34. The fourth-order valence-corrected chi connectivity index (χ4v) is 8.14. The van der Waals surface area contributed by atoms with Gasteiger partial charge in [0.15, 0.2) is 11.6 Å². The molecule has 3 aromatic carbocycles. The van der Waals surface area contributed by atoms with E-state index in [1.807, 2.05) is 0 Å². The lowest BCUT2D eigenvalue weighted by Crippen LogP contribution is -2.60. The van der Waals surface area contributed by atoms with Gasteiger partial charge < -0.3 is 19.4 Å². The standard InChI is InChI=1S/C36H33ClF4N6O2/c1-20-17-47(34(48)21(2)38)23(16-42-3)18-46(20)33-25-15-27(40)29(24-8-4-7-22-9-10-26(39)30(37)28(22)24)31(41)32(25)43-35(44-33)49-19-36-11-5-13-45(36)14-6-12-36/h4,7-10,15,20,23H,2,5-6,11-14,16-19H2,1H3/t20-,23-/m0/s1. The molecule has 3 fully saturated rings. The van der Waals surface area contributed by atoms with E-state index in [9.17, 15) is 13.6 Å². The molecule has 3 saturated heterocycles. The monoisotopic (exact) mass is 692 g/mol. The molecular formula is C36H33ClF4N6O2. The van der Waals surface area contributed by atoms with Crippen LogP contribution in [-0.4, -0.2) is 82.6 Å². The van der Waals surface area contributed by atoms with Crippen LogP contribution in [0.1, 0.15) is 32.6 Å². The number of anilines is 1. The fraction of sp³-hybridized carbons (Fsp3) is 0.389. The molecule has 2 atom stereocenters. The summed E-state index contributed by atoms with van der Waals surface area (Å²) in [5, 5.41) is 0.419. The highest BCUT2D eigenvalue weighted by Crippen LogP contribution is 2.43. The van der Waals surface area contributed by atoms with Crippen molar-refractivity contribution in [3.8, 4) is 17.1 Å². The molecule has 1 amide bonds. The fourth-order valence-electron chi connectivity index (χ4n) is 7.87. The number of fused-ring (bicyclic) bond motifs is 3. The van der Waals surface area contributed by atoms with Crippen LogP contribution in [0.25, 0.3) is 37.6 Å². The second-order valence-electron chi connectivity index (χ2n) is 13.1. The number of aromatic nitrogens is 2. The smallest absolute Gasteiger partial charge is 0.319 e. The van der Waals surface area contributed by atoms with Gasteiger partial charge in [-0.25, -0.2) is 24.1 Å². The summed E-state index contributed by atoms with van der Waals surface area (Å²) in [4.78, 5) is 30.8. The van der Waals surface area contributed by atoms with E-state index in [2.05, 4.69) is 21.3 Å². The van der Waals surface area contributed by atoms with Gasteiger partial charge in [-0.3, -0.25) is 9.69 Å². The van der Waals surface area contributed by atoms with Crippen LogP contribution in [0.4, 0.5) is 23.4 Å². The first-order valence-corrected chi connectivity index (χ1v) is 16.6. The summed E-state index contributed by atoms with van der Waals surface area (Å²) < 4.78 is 68.1. The Morgan fingerprint density at radius 1 is 1.12 bits per heavy atom. The lowest BCUT2D eigenvalue weighted by Gasteiger charge is -2.44. The number of nitrogens with zero attached hydrogens (tertiary/aromatic N) is 6. The highest BCUT2D eigenvalue weighted by atomic mass is 35.5. The van der Waals surface area contributed by atoms with Crippen molar-refractivity contribution < 1.29 is 27.1 Å². The molecule has 0 bridgehead atoms. The molecule has 49 heavy (non-hydrogen) atoms. The van der Waals surface area contributed by atoms with Crippen molar-refractivity contribution in [1.82, 2.24) is 19.8 Å². The van der Waals surface area contributed by atoms with Crippen LogP contribution in [0.15, 0.2) is 48.8 Å². The Bertz CT molecular complexity index is 2040. The van der Waals surface area contributed by atoms with Crippen molar-refractivity contribution in [1.29, 1.82) is 0 Å². The SMILES string of the molecule is [C-]#[N+]C[C@H]1CN(c2nc(OCC34CCCN3CCC4)nc3c(F)c(-c4cccc5ccc(F)c(Cl)c45)c(F)cc23)[C@@H](C)CN1C(=O)C(=C)F. The summed E-state index contributed by atoms with van der Waals surface area (Å²) in [6.07, 6.45) is 3.96. The quantitative estimate of drug-likeness (QED) is 0.115. The Morgan fingerprint density at radius 3 is 2.59 bits per heavy atom. The molecule has 0 spiro atoms. The minimum Gasteiger partial charge on any atom is -0.461 e. The number of benzene rings is 3. The lowest BCUT2D eigenvalue weighted by atomic mass is 9.95. The summed E-state index contributed by atoms with van der Waals surface area (Å²) in [7, 11) is 0. The molecule has 4 aromatic rings. The van der Waals surface area contributed by atoms with Gasteiger partial charge in [-0.05, 0) is 68.8 Å². The second kappa shape index (κ2) is 12.8. The summed E-state index contributed by atoms with van der Waals surface area (Å²) in [5.74, 6) is -4.60. The Morgan fingerprint density at radius 2 is 1.88 bits per heavy atom. The van der Waals surface area contributed by atoms with E-state index in [1.54, 1.807) is 24.0 Å². The van der Waals surface area contributed by atoms with Crippen LogP contribution >= 0.6 is 11.6 Å². The first-order chi connectivity index (χ1) is 23.5. The maximum absolute atomic E-state index is 16.9. The molecule has 8 nitrogen and oxygen atoms in total. The highest BCUT2D eigenvalue weighted by molar-refractivity contribution is 6.37. The highest BCUT2D eigenvalue weighted by Gasteiger charge is 2.45. The minimum absolute atomic E-state index is 0.00480. The third kappa shape index (κ3) is 5.63. The molecule has 0 radical (unpaired) electrons. The van der Waals surface area contributed by atoms with E-state index in [-0.39, 0.29) is 70.5 Å². The molecule has 0 N–H and O–H groups in total. The van der Waals surface area contributed by atoms with Gasteiger partial charge in [0, 0.05) is 29.9 Å². The number of hydrogen-bond donors (Lipinski definition) is 0. The number of ether oxygens (including phenoxy) is 1. The topological polar surface area (TPSA) is 66.2 Å². The second-order valence-corrected chi connectivity index (χ2v) is 13.5. The Balaban J connectivity index is 1.39. The average Bonchev–Trinajstić information content (AvgIpc) is 3.67. The van der Waals surface area contributed by atoms with Crippen LogP contribution < -0.4 is 9.64 Å². The Hall–Kier alpha value is -4.47. The van der Waals surface area contributed by atoms with Gasteiger partial charge in [-0.15, -0.1) is 0 Å². The molecular weight excluding hydrogens is 660 g/mol. The zero-order valence-corrected chi connectivity index (χ0v) is 27.5. The maximum atomic E-state index is 16.9. The number of amides is 1. The first-order valence-electron chi connectivity index (χ1n) is 16.2. The molecule has 7 rings (SSSR count). The van der Waals surface area contributed by atoms with Gasteiger partial charge in [0.05, 0.1) is 16.1 Å². The Labute approximate surface area is 285 Å². The molecule has 0 saturated carbocycles. The van der Waals surface area contributed by atoms with E-state index in [0.717, 1.165) is 44.8 Å². The third-order valence-corrected chi connectivity index (χ3v) is 10.6. The largest absolute Gasteiger partial charge is 0.461 e. The number of piperazine rings is 1. The number of carbonyl (C=O) groups excluding carboxylic acids is 1. The molecule has 1 aromatic heterocycles. The molecule has 0 aliphatic carbocycles. The molecule has 3 aliphatic rings. The molecule has 4 heterocycles. The van der Waals surface area contributed by atoms with Gasteiger partial charge in [0.2, 0.25) is 6.54 Å². The van der Waals surface area contributed by atoms with E-state index >= 15 is 8.78 Å². The zero-order valence-electron chi connectivity index (χ0n) is 26.8. The summed E-state index contributed by atoms with van der Waals surface area (Å²) in [6, 6.07) is 7.18. The number of halogens is 5. The van der Waals surface area contributed by atoms with Crippen LogP contribution in [0.2, 0.25) is 5.02 Å². The molecule has 13 heteroatoms. The van der Waals surface area contributed by atoms with Crippen molar-refractivity contribution in [3.05, 3.63) is 82.7 Å². The average molecular weight is 693 g/mol. The van der Waals surface area contributed by atoms with Crippen molar-refractivity contribution in [2.24, 2.45) is 0 Å². The summed E-state index contributed by atoms with van der Waals surface area (Å²) in [5.41, 5.74) is -0.785. The summed E-state index contributed by atoms with van der Waals surface area (Å²) >= 11 is 6.36. The molecule has 254 valence electrons. The molecule has 0 unspecified atom stereocenters. The Kier molecular flexibility index (Phi) is 8.61. The maximum Gasteiger partial charge on any atom is 0.319 e. The molecule has 3 aliphatic heterocycles. The van der Waals surface area contributed by atoms with E-state index in [4.69, 9.17) is 27.9 Å². The van der Waals surface area contributed by atoms with Crippen molar-refractivity contribution in [3.63, 3.8) is 0 Å². The van der Waals surface area contributed by atoms with Crippen LogP contribution in [-0.2, 0) is 4.79 Å². The zero-order chi connectivity index (χ0) is 34.6. The van der Waals surface area contributed by atoms with Crippen molar-refractivity contribution in [2.45, 2.75) is 50.2 Å². The van der Waals surface area contributed by atoms with Crippen LogP contribution in [0, 0.1) is 24.0 Å². The van der Waals surface area contributed by atoms with E-state index < -0.39 is 46.8 Å². The van der Waals surface area contributed by atoms with E-state index in [0.29, 0.717) is 5.39 Å². The van der Waals surface area contributed by atoms with Gasteiger partial charge in [0.25, 0.3) is 5.91 Å². The van der Waals surface area contributed by atoms with Gasteiger partial charge in [-0.2, -0.15) is 9.97 Å². The van der Waals surface area contributed by atoms with E-state index in [1.165, 1.54) is 23.1 Å².